The minimum atomic E-state index is -3.53. The maximum absolute atomic E-state index is 12.7. The van der Waals surface area contributed by atoms with Crippen LogP contribution in [-0.4, -0.2) is 34.0 Å². The van der Waals surface area contributed by atoms with Crippen molar-refractivity contribution in [3.63, 3.8) is 0 Å². The lowest BCUT2D eigenvalue weighted by molar-refractivity contribution is 0.299. The Morgan fingerprint density at radius 2 is 1.68 bits per heavy atom. The zero-order valence-electron chi connectivity index (χ0n) is 15.7. The fraction of sp³-hybridized carbons (Fsp3) is 0.400. The second-order valence-corrected chi connectivity index (χ2v) is 8.43. The van der Waals surface area contributed by atoms with Crippen molar-refractivity contribution in [2.24, 2.45) is 0 Å². The van der Waals surface area contributed by atoms with Crippen LogP contribution in [0.4, 0.5) is 0 Å². The number of rotatable bonds is 7. The van der Waals surface area contributed by atoms with Crippen LogP contribution in [0.15, 0.2) is 47.4 Å². The van der Waals surface area contributed by atoms with E-state index in [1.807, 2.05) is 45.0 Å². The van der Waals surface area contributed by atoms with Crippen molar-refractivity contribution in [2.45, 2.75) is 38.1 Å². The van der Waals surface area contributed by atoms with E-state index < -0.39 is 10.0 Å². The first-order chi connectivity index (χ1) is 11.7. The zero-order valence-corrected chi connectivity index (χ0v) is 16.5. The molecule has 5 heteroatoms. The molecule has 0 saturated heterocycles. The first kappa shape index (κ1) is 19.6. The van der Waals surface area contributed by atoms with E-state index in [2.05, 4.69) is 35.9 Å². The minimum absolute atomic E-state index is 0.0218. The van der Waals surface area contributed by atoms with Crippen LogP contribution in [-0.2, 0) is 16.4 Å². The number of hydrogen-bond donors (Lipinski definition) is 1. The van der Waals surface area contributed by atoms with E-state index in [0.717, 1.165) is 23.1 Å². The van der Waals surface area contributed by atoms with E-state index in [1.165, 1.54) is 5.56 Å². The maximum Gasteiger partial charge on any atom is 0.240 e. The highest BCUT2D eigenvalue weighted by molar-refractivity contribution is 7.89. The molecule has 1 unspecified atom stereocenters. The number of benzene rings is 2. The highest BCUT2D eigenvalue weighted by Gasteiger charge is 2.21. The number of hydrogen-bond acceptors (Lipinski definition) is 3. The highest BCUT2D eigenvalue weighted by atomic mass is 32.2. The van der Waals surface area contributed by atoms with Crippen LogP contribution in [0.25, 0.3) is 0 Å². The summed E-state index contributed by atoms with van der Waals surface area (Å²) in [5.41, 5.74) is 4.20. The second kappa shape index (κ2) is 8.13. The van der Waals surface area contributed by atoms with Gasteiger partial charge in [0.05, 0.1) is 4.90 Å². The van der Waals surface area contributed by atoms with Gasteiger partial charge in [0.25, 0.3) is 0 Å². The molecule has 0 fully saturated rings. The average Bonchev–Trinajstić information content (AvgIpc) is 2.54. The van der Waals surface area contributed by atoms with Crippen LogP contribution in [0.2, 0.25) is 0 Å². The van der Waals surface area contributed by atoms with Crippen LogP contribution in [0, 0.1) is 13.8 Å². The molecule has 0 aliphatic carbocycles. The Bertz CT molecular complexity index is 812. The number of nitrogens with zero attached hydrogens (tertiary/aromatic N) is 1. The smallest absolute Gasteiger partial charge is 0.240 e. The van der Waals surface area contributed by atoms with E-state index >= 15 is 0 Å². The van der Waals surface area contributed by atoms with Gasteiger partial charge in [-0.15, -0.1) is 0 Å². The monoisotopic (exact) mass is 360 g/mol. The topological polar surface area (TPSA) is 49.4 Å². The minimum Gasteiger partial charge on any atom is -0.301 e. The zero-order chi connectivity index (χ0) is 18.6. The first-order valence-electron chi connectivity index (χ1n) is 8.56. The fourth-order valence-electron chi connectivity index (χ4n) is 2.94. The van der Waals surface area contributed by atoms with E-state index in [0.29, 0.717) is 11.4 Å². The van der Waals surface area contributed by atoms with Crippen molar-refractivity contribution in [3.05, 3.63) is 64.7 Å². The molecule has 0 radical (unpaired) electrons. The molecule has 2 rings (SSSR count). The molecule has 2 aromatic rings. The number of aryl methyl sites for hydroxylation is 3. The van der Waals surface area contributed by atoms with Crippen LogP contribution in [0.1, 0.15) is 35.2 Å². The Morgan fingerprint density at radius 1 is 1.04 bits per heavy atom. The molecule has 0 amide bonds. The fourth-order valence-corrected chi connectivity index (χ4v) is 4.20. The van der Waals surface area contributed by atoms with Crippen LogP contribution >= 0.6 is 0 Å². The standard InChI is InChI=1S/C20H28N2O2S/c1-6-17-8-10-18(11-9-17)19(22(4)5)14-21-25(23,24)20-12-7-15(2)13-16(20)3/h7-13,19,21H,6,14H2,1-5H3. The van der Waals surface area contributed by atoms with Crippen LogP contribution in [0.3, 0.4) is 0 Å². The van der Waals surface area contributed by atoms with Gasteiger partial charge in [-0.1, -0.05) is 48.9 Å². The summed E-state index contributed by atoms with van der Waals surface area (Å²) in [5.74, 6) is 0. The molecule has 1 atom stereocenters. The maximum atomic E-state index is 12.7. The molecule has 0 aliphatic rings. The predicted octanol–water partition coefficient (Wildman–Crippen LogP) is 3.45. The summed E-state index contributed by atoms with van der Waals surface area (Å²) in [7, 11) is 0.390. The summed E-state index contributed by atoms with van der Waals surface area (Å²) in [4.78, 5) is 2.38. The molecular formula is C20H28N2O2S. The quantitative estimate of drug-likeness (QED) is 0.823. The summed E-state index contributed by atoms with van der Waals surface area (Å²) in [6.07, 6.45) is 0.992. The summed E-state index contributed by atoms with van der Waals surface area (Å²) < 4.78 is 28.2. The van der Waals surface area contributed by atoms with Gasteiger partial charge in [0.15, 0.2) is 0 Å². The molecule has 0 aromatic heterocycles. The normalized spacial score (nSPS) is 13.2. The Hall–Kier alpha value is -1.69. The van der Waals surface area contributed by atoms with Gasteiger partial charge in [0, 0.05) is 12.6 Å². The molecule has 0 heterocycles. The summed E-state index contributed by atoms with van der Waals surface area (Å²) in [6, 6.07) is 13.7. The van der Waals surface area contributed by atoms with Gasteiger partial charge in [-0.2, -0.15) is 0 Å². The van der Waals surface area contributed by atoms with Gasteiger partial charge < -0.3 is 4.90 Å². The SMILES string of the molecule is CCc1ccc(C(CNS(=O)(=O)c2ccc(C)cc2C)N(C)C)cc1. The molecule has 136 valence electrons. The van der Waals surface area contributed by atoms with Crippen LogP contribution in [0.5, 0.6) is 0 Å². The van der Waals surface area contributed by atoms with Crippen molar-refractivity contribution in [2.75, 3.05) is 20.6 Å². The largest absolute Gasteiger partial charge is 0.301 e. The van der Waals surface area contributed by atoms with E-state index in [4.69, 9.17) is 0 Å². The lowest BCUT2D eigenvalue weighted by Crippen LogP contribution is -2.34. The molecule has 0 spiro atoms. The highest BCUT2D eigenvalue weighted by Crippen LogP contribution is 2.21. The predicted molar refractivity (Wildman–Crippen MR) is 103 cm³/mol. The van der Waals surface area contributed by atoms with Gasteiger partial charge in [0.2, 0.25) is 10.0 Å². The third-order valence-electron chi connectivity index (χ3n) is 4.48. The molecular weight excluding hydrogens is 332 g/mol. The lowest BCUT2D eigenvalue weighted by atomic mass is 10.0. The number of likely N-dealkylation sites (N-methyl/N-ethyl adjacent to an activating group) is 1. The Kier molecular flexibility index (Phi) is 6.38. The van der Waals surface area contributed by atoms with Gasteiger partial charge in [0.1, 0.15) is 0 Å². The molecule has 1 N–H and O–H groups in total. The van der Waals surface area contributed by atoms with Gasteiger partial charge in [-0.05, 0) is 57.1 Å². The Balaban J connectivity index is 2.19. The lowest BCUT2D eigenvalue weighted by Gasteiger charge is -2.25. The van der Waals surface area contributed by atoms with E-state index in [-0.39, 0.29) is 6.04 Å². The summed E-state index contributed by atoms with van der Waals surface area (Å²) in [6.45, 7) is 6.23. The van der Waals surface area contributed by atoms with Gasteiger partial charge >= 0.3 is 0 Å². The Morgan fingerprint density at radius 3 is 2.20 bits per heavy atom. The van der Waals surface area contributed by atoms with Gasteiger partial charge in [-0.3, -0.25) is 0 Å². The van der Waals surface area contributed by atoms with Gasteiger partial charge in [-0.25, -0.2) is 13.1 Å². The van der Waals surface area contributed by atoms with Crippen molar-refractivity contribution in [1.82, 2.24) is 9.62 Å². The summed E-state index contributed by atoms with van der Waals surface area (Å²) in [5, 5.41) is 0. The first-order valence-corrected chi connectivity index (χ1v) is 10.0. The summed E-state index contributed by atoms with van der Waals surface area (Å²) >= 11 is 0. The van der Waals surface area contributed by atoms with Crippen LogP contribution < -0.4 is 4.72 Å². The van der Waals surface area contributed by atoms with Crippen molar-refractivity contribution in [1.29, 1.82) is 0 Å². The van der Waals surface area contributed by atoms with Crippen molar-refractivity contribution < 1.29 is 8.42 Å². The number of sulfonamides is 1. The van der Waals surface area contributed by atoms with Crippen molar-refractivity contribution in [3.8, 4) is 0 Å². The van der Waals surface area contributed by atoms with Crippen molar-refractivity contribution >= 4 is 10.0 Å². The second-order valence-electron chi connectivity index (χ2n) is 6.70. The Labute approximate surface area is 151 Å². The van der Waals surface area contributed by atoms with E-state index in [9.17, 15) is 8.42 Å². The molecule has 0 bridgehead atoms. The molecule has 0 saturated carbocycles. The molecule has 2 aromatic carbocycles. The third-order valence-corrected chi connectivity index (χ3v) is 6.07. The molecule has 25 heavy (non-hydrogen) atoms. The number of nitrogens with one attached hydrogen (secondary N) is 1. The molecule has 4 nitrogen and oxygen atoms in total. The van der Waals surface area contributed by atoms with E-state index in [1.54, 1.807) is 6.07 Å². The average molecular weight is 361 g/mol. The molecule has 0 aliphatic heterocycles. The third kappa shape index (κ3) is 4.91.